The first kappa shape index (κ1) is 21.8. The second-order valence-electron chi connectivity index (χ2n) is 6.96. The van der Waals surface area contributed by atoms with E-state index < -0.39 is 0 Å². The van der Waals surface area contributed by atoms with Gasteiger partial charge in [0.15, 0.2) is 0 Å². The molecule has 0 fully saturated rings. The zero-order valence-electron chi connectivity index (χ0n) is 17.3. The van der Waals surface area contributed by atoms with E-state index in [4.69, 9.17) is 10.00 Å². The second-order valence-corrected chi connectivity index (χ2v) is 6.96. The number of hydrogen-bond donors (Lipinski definition) is 1. The van der Waals surface area contributed by atoms with Gasteiger partial charge in [0.25, 0.3) is 0 Å². The monoisotopic (exact) mass is 415 g/mol. The third-order valence-electron chi connectivity index (χ3n) is 4.81. The van der Waals surface area contributed by atoms with Gasteiger partial charge in [0.05, 0.1) is 19.0 Å². The Balaban J connectivity index is 1.44. The van der Waals surface area contributed by atoms with Gasteiger partial charge in [-0.2, -0.15) is 5.26 Å². The molecular weight excluding hydrogens is 390 g/mol. The first-order valence-electron chi connectivity index (χ1n) is 10.3. The average Bonchev–Trinajstić information content (AvgIpc) is 2.81. The van der Waals surface area contributed by atoms with Crippen LogP contribution >= 0.6 is 0 Å². The van der Waals surface area contributed by atoms with E-state index in [-0.39, 0.29) is 31.1 Å². The Labute approximate surface area is 182 Å². The molecule has 3 aromatic carbocycles. The van der Waals surface area contributed by atoms with Crippen LogP contribution in [0.2, 0.25) is 0 Å². The van der Waals surface area contributed by atoms with Gasteiger partial charge >= 0.3 is 0 Å². The lowest BCUT2D eigenvalue weighted by atomic mass is 10.1. The van der Waals surface area contributed by atoms with Crippen molar-refractivity contribution in [3.8, 4) is 11.8 Å². The molecule has 6 nitrogen and oxygen atoms in total. The summed E-state index contributed by atoms with van der Waals surface area (Å²) in [4.78, 5) is 26.3. The summed E-state index contributed by atoms with van der Waals surface area (Å²) >= 11 is 0. The molecule has 0 saturated heterocycles. The van der Waals surface area contributed by atoms with Crippen LogP contribution in [0.25, 0.3) is 10.8 Å². The van der Waals surface area contributed by atoms with Crippen molar-refractivity contribution in [2.75, 3.05) is 24.6 Å². The standard InChI is InChI=1S/C25H25N3O3/c26-16-7-18-28(21-10-2-1-3-11-21)25(30)15-14-24(29)27-17-19-31-23-13-6-9-20-8-4-5-12-22(20)23/h1-6,8-13H,7,14-15,17-19H2,(H,27,29). The lowest BCUT2D eigenvalue weighted by Gasteiger charge is -2.21. The van der Waals surface area contributed by atoms with E-state index in [0.29, 0.717) is 19.7 Å². The van der Waals surface area contributed by atoms with Crippen LogP contribution in [0.4, 0.5) is 5.69 Å². The molecule has 0 heterocycles. The zero-order chi connectivity index (χ0) is 21.9. The van der Waals surface area contributed by atoms with Gasteiger partial charge in [-0.3, -0.25) is 9.59 Å². The summed E-state index contributed by atoms with van der Waals surface area (Å²) < 4.78 is 5.82. The smallest absolute Gasteiger partial charge is 0.227 e. The predicted molar refractivity (Wildman–Crippen MR) is 121 cm³/mol. The molecule has 0 aliphatic rings. The molecule has 31 heavy (non-hydrogen) atoms. The highest BCUT2D eigenvalue weighted by Crippen LogP contribution is 2.24. The van der Waals surface area contributed by atoms with Crippen LogP contribution in [0.3, 0.4) is 0 Å². The predicted octanol–water partition coefficient (Wildman–Crippen LogP) is 4.06. The Kier molecular flexibility index (Phi) is 8.01. The molecule has 0 bridgehead atoms. The van der Waals surface area contributed by atoms with E-state index in [2.05, 4.69) is 11.4 Å². The maximum atomic E-state index is 12.6. The number of rotatable bonds is 10. The molecule has 0 aliphatic heterocycles. The lowest BCUT2D eigenvalue weighted by molar-refractivity contribution is -0.125. The molecule has 0 spiro atoms. The van der Waals surface area contributed by atoms with E-state index in [9.17, 15) is 9.59 Å². The Morgan fingerprint density at radius 2 is 1.68 bits per heavy atom. The van der Waals surface area contributed by atoms with Crippen molar-refractivity contribution < 1.29 is 14.3 Å². The third kappa shape index (κ3) is 6.31. The van der Waals surface area contributed by atoms with E-state index in [1.54, 1.807) is 4.90 Å². The largest absolute Gasteiger partial charge is 0.491 e. The van der Waals surface area contributed by atoms with Gasteiger partial charge in [0.2, 0.25) is 11.8 Å². The maximum Gasteiger partial charge on any atom is 0.227 e. The van der Waals surface area contributed by atoms with Gasteiger partial charge in [0, 0.05) is 30.5 Å². The average molecular weight is 415 g/mol. The minimum atomic E-state index is -0.205. The molecule has 0 aliphatic carbocycles. The Bertz CT molecular complexity index is 1060. The van der Waals surface area contributed by atoms with Crippen LogP contribution < -0.4 is 15.0 Å². The van der Waals surface area contributed by atoms with Gasteiger partial charge in [-0.05, 0) is 23.6 Å². The van der Waals surface area contributed by atoms with E-state index in [1.165, 1.54) is 0 Å². The van der Waals surface area contributed by atoms with Crippen molar-refractivity contribution in [2.45, 2.75) is 19.3 Å². The number of fused-ring (bicyclic) bond motifs is 1. The molecular formula is C25H25N3O3. The van der Waals surface area contributed by atoms with Gasteiger partial charge in [-0.25, -0.2) is 0 Å². The number of ether oxygens (including phenoxy) is 1. The van der Waals surface area contributed by atoms with Gasteiger partial charge in [-0.15, -0.1) is 0 Å². The fourth-order valence-electron chi connectivity index (χ4n) is 3.28. The van der Waals surface area contributed by atoms with Crippen molar-refractivity contribution in [3.05, 3.63) is 72.8 Å². The summed E-state index contributed by atoms with van der Waals surface area (Å²) in [5, 5.41) is 13.8. The number of amides is 2. The topological polar surface area (TPSA) is 82.4 Å². The van der Waals surface area contributed by atoms with Crippen LogP contribution in [0.5, 0.6) is 5.75 Å². The van der Waals surface area contributed by atoms with E-state index in [1.807, 2.05) is 72.8 Å². The van der Waals surface area contributed by atoms with Crippen molar-refractivity contribution in [1.82, 2.24) is 5.32 Å². The molecule has 3 rings (SSSR count). The van der Waals surface area contributed by atoms with E-state index in [0.717, 1.165) is 22.2 Å². The molecule has 3 aromatic rings. The molecule has 0 radical (unpaired) electrons. The van der Waals surface area contributed by atoms with Gasteiger partial charge < -0.3 is 15.0 Å². The molecule has 6 heteroatoms. The van der Waals surface area contributed by atoms with Crippen LogP contribution in [0, 0.1) is 11.3 Å². The SMILES string of the molecule is N#CCCN(C(=O)CCC(=O)NCCOc1cccc2ccccc12)c1ccccc1. The van der Waals surface area contributed by atoms with Gasteiger partial charge in [-0.1, -0.05) is 54.6 Å². The molecule has 2 amide bonds. The highest BCUT2D eigenvalue weighted by molar-refractivity contribution is 5.95. The summed E-state index contributed by atoms with van der Waals surface area (Å²) in [5.74, 6) is 0.394. The summed E-state index contributed by atoms with van der Waals surface area (Å²) in [7, 11) is 0. The fourth-order valence-corrected chi connectivity index (χ4v) is 3.28. The number of carbonyl (C=O) groups excluding carboxylic acids is 2. The number of hydrogen-bond acceptors (Lipinski definition) is 4. The third-order valence-corrected chi connectivity index (χ3v) is 4.81. The van der Waals surface area contributed by atoms with Crippen molar-refractivity contribution >= 4 is 28.3 Å². The highest BCUT2D eigenvalue weighted by atomic mass is 16.5. The van der Waals surface area contributed by atoms with Crippen molar-refractivity contribution in [3.63, 3.8) is 0 Å². The second kappa shape index (κ2) is 11.4. The first-order valence-corrected chi connectivity index (χ1v) is 10.3. The zero-order valence-corrected chi connectivity index (χ0v) is 17.3. The number of para-hydroxylation sites is 1. The number of anilines is 1. The highest BCUT2D eigenvalue weighted by Gasteiger charge is 2.16. The number of nitrogens with zero attached hydrogens (tertiary/aromatic N) is 2. The Morgan fingerprint density at radius 3 is 2.48 bits per heavy atom. The molecule has 0 atom stereocenters. The Morgan fingerprint density at radius 1 is 0.935 bits per heavy atom. The van der Waals surface area contributed by atoms with Gasteiger partial charge in [0.1, 0.15) is 12.4 Å². The van der Waals surface area contributed by atoms with Crippen LogP contribution in [-0.2, 0) is 9.59 Å². The first-order chi connectivity index (χ1) is 15.2. The fraction of sp³-hybridized carbons (Fsp3) is 0.240. The summed E-state index contributed by atoms with van der Waals surface area (Å²) in [6, 6.07) is 25.1. The van der Waals surface area contributed by atoms with Crippen molar-refractivity contribution in [2.24, 2.45) is 0 Å². The molecule has 0 aromatic heterocycles. The van der Waals surface area contributed by atoms with Crippen LogP contribution in [0.15, 0.2) is 72.8 Å². The number of benzene rings is 3. The Hall–Kier alpha value is -3.85. The summed E-state index contributed by atoms with van der Waals surface area (Å²) in [6.45, 7) is 0.999. The maximum absolute atomic E-state index is 12.6. The quantitative estimate of drug-likeness (QED) is 0.506. The van der Waals surface area contributed by atoms with Crippen LogP contribution in [-0.4, -0.2) is 31.5 Å². The van der Waals surface area contributed by atoms with Crippen LogP contribution in [0.1, 0.15) is 19.3 Å². The summed E-state index contributed by atoms with van der Waals surface area (Å²) in [5.41, 5.74) is 0.728. The molecule has 0 saturated carbocycles. The number of nitriles is 1. The molecule has 158 valence electrons. The number of carbonyl (C=O) groups is 2. The number of nitrogens with one attached hydrogen (secondary N) is 1. The molecule has 0 unspecified atom stereocenters. The molecule has 1 N–H and O–H groups in total. The minimum absolute atomic E-state index is 0.0797. The minimum Gasteiger partial charge on any atom is -0.491 e. The van der Waals surface area contributed by atoms with Crippen molar-refractivity contribution in [1.29, 1.82) is 5.26 Å². The lowest BCUT2D eigenvalue weighted by Crippen LogP contribution is -2.34. The normalized spacial score (nSPS) is 10.3. The van der Waals surface area contributed by atoms with E-state index >= 15 is 0 Å². The summed E-state index contributed by atoms with van der Waals surface area (Å²) in [6.07, 6.45) is 0.400.